The largest absolute Gasteiger partial charge is 0.379 e. The van der Waals surface area contributed by atoms with E-state index in [1.54, 1.807) is 4.90 Å². The molecule has 1 aliphatic rings. The van der Waals surface area contributed by atoms with E-state index < -0.39 is 0 Å². The summed E-state index contributed by atoms with van der Waals surface area (Å²) >= 11 is 11.3. The van der Waals surface area contributed by atoms with Crippen molar-refractivity contribution in [3.05, 3.63) is 57.0 Å². The molecule has 0 spiro atoms. The maximum absolute atomic E-state index is 13.4. The zero-order chi connectivity index (χ0) is 21.1. The van der Waals surface area contributed by atoms with Crippen LogP contribution >= 0.6 is 38.9 Å². The van der Waals surface area contributed by atoms with Gasteiger partial charge in [0, 0.05) is 41.2 Å². The Morgan fingerprint density at radius 1 is 1.30 bits per heavy atom. The Labute approximate surface area is 193 Å². The molecule has 2 heterocycles. The summed E-state index contributed by atoms with van der Waals surface area (Å²) in [6, 6.07) is 11.4. The number of carbonyl (C=O) groups is 1. The summed E-state index contributed by atoms with van der Waals surface area (Å²) in [6.07, 6.45) is 0.870. The third kappa shape index (κ3) is 4.86. The molecule has 0 unspecified atom stereocenters. The average Bonchev–Trinajstić information content (AvgIpc) is 3.19. The van der Waals surface area contributed by atoms with Crippen molar-refractivity contribution in [1.82, 2.24) is 9.88 Å². The summed E-state index contributed by atoms with van der Waals surface area (Å²) in [5.74, 6) is -0.0407. The van der Waals surface area contributed by atoms with Gasteiger partial charge < -0.3 is 4.74 Å². The number of fused-ring (bicyclic) bond motifs is 1. The van der Waals surface area contributed by atoms with Crippen LogP contribution in [0.4, 0.5) is 5.13 Å². The van der Waals surface area contributed by atoms with Crippen LogP contribution in [0.5, 0.6) is 0 Å². The number of aromatic nitrogens is 1. The van der Waals surface area contributed by atoms with Crippen molar-refractivity contribution in [1.29, 1.82) is 0 Å². The highest BCUT2D eigenvalue weighted by Crippen LogP contribution is 2.34. The van der Waals surface area contributed by atoms with E-state index in [-0.39, 0.29) is 5.91 Å². The maximum Gasteiger partial charge on any atom is 0.260 e. The van der Waals surface area contributed by atoms with Gasteiger partial charge in [-0.3, -0.25) is 14.6 Å². The Kier molecular flexibility index (Phi) is 7.05. The van der Waals surface area contributed by atoms with Gasteiger partial charge in [0.25, 0.3) is 5.91 Å². The van der Waals surface area contributed by atoms with Gasteiger partial charge in [-0.05, 0) is 49.2 Å². The third-order valence-electron chi connectivity index (χ3n) is 5.24. The Bertz CT molecular complexity index is 1050. The minimum absolute atomic E-state index is 0.0407. The molecule has 1 saturated heterocycles. The van der Waals surface area contributed by atoms with Gasteiger partial charge in [0.1, 0.15) is 0 Å². The van der Waals surface area contributed by atoms with Crippen molar-refractivity contribution >= 4 is 60.1 Å². The van der Waals surface area contributed by atoms with Crippen molar-refractivity contribution in [3.8, 4) is 0 Å². The van der Waals surface area contributed by atoms with E-state index in [2.05, 4.69) is 20.8 Å². The minimum Gasteiger partial charge on any atom is -0.379 e. The number of carbonyl (C=O) groups excluding carboxylic acids is 1. The van der Waals surface area contributed by atoms with E-state index in [4.69, 9.17) is 21.3 Å². The lowest BCUT2D eigenvalue weighted by molar-refractivity contribution is 0.0376. The fourth-order valence-corrected chi connectivity index (χ4v) is 5.14. The summed E-state index contributed by atoms with van der Waals surface area (Å²) in [4.78, 5) is 22.4. The Hall–Kier alpha value is -1.51. The van der Waals surface area contributed by atoms with E-state index in [9.17, 15) is 4.79 Å². The number of hydrogen-bond donors (Lipinski definition) is 0. The number of nitrogens with zero attached hydrogens (tertiary/aromatic N) is 3. The molecule has 0 aliphatic carbocycles. The van der Waals surface area contributed by atoms with Crippen molar-refractivity contribution in [2.45, 2.75) is 13.3 Å². The molecule has 5 nitrogen and oxygen atoms in total. The minimum atomic E-state index is -0.0407. The molecule has 1 aliphatic heterocycles. The van der Waals surface area contributed by atoms with Crippen LogP contribution < -0.4 is 4.90 Å². The highest BCUT2D eigenvalue weighted by molar-refractivity contribution is 9.10. The lowest BCUT2D eigenvalue weighted by atomic mass is 10.2. The standard InChI is InChI=1S/C22H23BrClN3O2S/c1-15-18(24)6-7-19-20(15)25-22(30-19)27(9-3-8-26-10-12-29-13-11-26)21(28)16-4-2-5-17(23)14-16/h2,4-7,14H,3,8-13H2,1H3. The number of thiazole rings is 1. The molecule has 2 aromatic carbocycles. The number of ether oxygens (including phenoxy) is 1. The summed E-state index contributed by atoms with van der Waals surface area (Å²) < 4.78 is 7.35. The summed E-state index contributed by atoms with van der Waals surface area (Å²) in [5, 5.41) is 1.40. The van der Waals surface area contributed by atoms with Crippen molar-refractivity contribution in [2.24, 2.45) is 0 Å². The quantitative estimate of drug-likeness (QED) is 0.448. The van der Waals surface area contributed by atoms with Crippen molar-refractivity contribution in [3.63, 3.8) is 0 Å². The monoisotopic (exact) mass is 507 g/mol. The molecule has 3 aromatic rings. The highest BCUT2D eigenvalue weighted by Gasteiger charge is 2.22. The van der Waals surface area contributed by atoms with Gasteiger partial charge >= 0.3 is 0 Å². The van der Waals surface area contributed by atoms with Crippen LogP contribution in [0.15, 0.2) is 40.9 Å². The van der Waals surface area contributed by atoms with E-state index in [1.165, 1.54) is 11.3 Å². The van der Waals surface area contributed by atoms with Crippen LogP contribution in [0.2, 0.25) is 5.02 Å². The number of morpholine rings is 1. The molecule has 30 heavy (non-hydrogen) atoms. The molecule has 0 bridgehead atoms. The summed E-state index contributed by atoms with van der Waals surface area (Å²) in [6.45, 7) is 6.94. The predicted octanol–water partition coefficient (Wildman–Crippen LogP) is 5.39. The molecular weight excluding hydrogens is 486 g/mol. The molecule has 158 valence electrons. The van der Waals surface area contributed by atoms with E-state index >= 15 is 0 Å². The van der Waals surface area contributed by atoms with E-state index in [0.717, 1.165) is 59.5 Å². The van der Waals surface area contributed by atoms with Gasteiger partial charge in [-0.15, -0.1) is 0 Å². The highest BCUT2D eigenvalue weighted by atomic mass is 79.9. The number of aryl methyl sites for hydroxylation is 1. The average molecular weight is 509 g/mol. The first kappa shape index (κ1) is 21.7. The fraction of sp³-hybridized carbons (Fsp3) is 0.364. The topological polar surface area (TPSA) is 45.7 Å². The van der Waals surface area contributed by atoms with Gasteiger partial charge in [-0.1, -0.05) is 44.9 Å². The number of benzene rings is 2. The van der Waals surface area contributed by atoms with Gasteiger partial charge in [0.15, 0.2) is 5.13 Å². The number of amides is 1. The molecule has 0 N–H and O–H groups in total. The first-order chi connectivity index (χ1) is 14.5. The number of anilines is 1. The lowest BCUT2D eigenvalue weighted by Crippen LogP contribution is -2.39. The maximum atomic E-state index is 13.4. The van der Waals surface area contributed by atoms with Crippen LogP contribution in [-0.4, -0.2) is 55.2 Å². The second-order valence-corrected chi connectivity index (χ2v) is 9.62. The van der Waals surface area contributed by atoms with Gasteiger partial charge in [0.05, 0.1) is 23.4 Å². The molecule has 1 aromatic heterocycles. The fourth-order valence-electron chi connectivity index (χ4n) is 3.54. The number of halogens is 2. The van der Waals surface area contributed by atoms with Gasteiger partial charge in [-0.25, -0.2) is 4.98 Å². The van der Waals surface area contributed by atoms with Gasteiger partial charge in [-0.2, -0.15) is 0 Å². The molecule has 1 amide bonds. The molecule has 4 rings (SSSR count). The Balaban J connectivity index is 1.60. The molecule has 0 radical (unpaired) electrons. The number of rotatable bonds is 6. The molecule has 0 atom stereocenters. The Morgan fingerprint density at radius 3 is 2.87 bits per heavy atom. The van der Waals surface area contributed by atoms with E-state index in [0.29, 0.717) is 22.3 Å². The first-order valence-corrected chi connectivity index (χ1v) is 11.9. The van der Waals surface area contributed by atoms with Crippen molar-refractivity contribution in [2.75, 3.05) is 44.3 Å². The molecular formula is C22H23BrClN3O2S. The number of hydrogen-bond acceptors (Lipinski definition) is 5. The third-order valence-corrected chi connectivity index (χ3v) is 7.19. The molecule has 0 saturated carbocycles. The second kappa shape index (κ2) is 9.75. The smallest absolute Gasteiger partial charge is 0.260 e. The first-order valence-electron chi connectivity index (χ1n) is 9.96. The summed E-state index contributed by atoms with van der Waals surface area (Å²) in [7, 11) is 0. The van der Waals surface area contributed by atoms with Crippen LogP contribution in [0.25, 0.3) is 10.2 Å². The Morgan fingerprint density at radius 2 is 2.10 bits per heavy atom. The predicted molar refractivity (Wildman–Crippen MR) is 127 cm³/mol. The van der Waals surface area contributed by atoms with Crippen LogP contribution in [-0.2, 0) is 4.74 Å². The van der Waals surface area contributed by atoms with Gasteiger partial charge in [0.2, 0.25) is 0 Å². The van der Waals surface area contributed by atoms with Crippen LogP contribution in [0.1, 0.15) is 22.3 Å². The molecule has 8 heteroatoms. The summed E-state index contributed by atoms with van der Waals surface area (Å²) in [5.41, 5.74) is 2.45. The lowest BCUT2D eigenvalue weighted by Gasteiger charge is -2.27. The zero-order valence-corrected chi connectivity index (χ0v) is 19.9. The second-order valence-electron chi connectivity index (χ2n) is 7.29. The van der Waals surface area contributed by atoms with E-state index in [1.807, 2.05) is 43.3 Å². The zero-order valence-electron chi connectivity index (χ0n) is 16.7. The van der Waals surface area contributed by atoms with Crippen LogP contribution in [0.3, 0.4) is 0 Å². The SMILES string of the molecule is Cc1c(Cl)ccc2sc(N(CCCN3CCOCC3)C(=O)c3cccc(Br)c3)nc12. The van der Waals surface area contributed by atoms with Crippen LogP contribution in [0, 0.1) is 6.92 Å². The molecule has 1 fully saturated rings. The normalized spacial score (nSPS) is 14.9. The van der Waals surface area contributed by atoms with Crippen molar-refractivity contribution < 1.29 is 9.53 Å².